The maximum Gasteiger partial charge on any atom is 0.225 e. The number of nitriles is 1. The first kappa shape index (κ1) is 12.7. The van der Waals surface area contributed by atoms with E-state index in [1.165, 1.54) is 11.0 Å². The largest absolute Gasteiger partial charge is 0.340 e. The molecule has 0 saturated heterocycles. The van der Waals surface area contributed by atoms with Crippen molar-refractivity contribution >= 4 is 5.91 Å². The number of hydrogen-bond donors (Lipinski definition) is 1. The van der Waals surface area contributed by atoms with Crippen molar-refractivity contribution in [2.24, 2.45) is 0 Å². The van der Waals surface area contributed by atoms with Crippen molar-refractivity contribution in [1.29, 1.82) is 5.26 Å². The molecule has 0 spiro atoms. The Morgan fingerprint density at radius 2 is 2.21 bits per heavy atom. The third kappa shape index (κ3) is 3.35. The third-order valence-electron chi connectivity index (χ3n) is 2.49. The number of benzene rings is 1. The predicted octanol–water partition coefficient (Wildman–Crippen LogP) is 0.233. The average molecular weight is 256 g/mol. The molecule has 2 rings (SSSR count). The van der Waals surface area contributed by atoms with Crippen LogP contribution in [0.3, 0.4) is 0 Å². The summed E-state index contributed by atoms with van der Waals surface area (Å²) in [5, 5.41) is 22.1. The van der Waals surface area contributed by atoms with E-state index in [4.69, 9.17) is 5.26 Å². The summed E-state index contributed by atoms with van der Waals surface area (Å²) in [6.45, 7) is 1.64. The van der Waals surface area contributed by atoms with Gasteiger partial charge in [-0.15, -0.1) is 5.10 Å². The van der Waals surface area contributed by atoms with Gasteiger partial charge < -0.3 is 5.32 Å². The van der Waals surface area contributed by atoms with Crippen molar-refractivity contribution in [2.45, 2.75) is 19.4 Å². The van der Waals surface area contributed by atoms with E-state index in [-0.39, 0.29) is 12.3 Å². The highest BCUT2D eigenvalue weighted by Gasteiger charge is 2.07. The van der Waals surface area contributed by atoms with Gasteiger partial charge in [-0.2, -0.15) is 5.26 Å². The highest BCUT2D eigenvalue weighted by Crippen LogP contribution is 2.08. The number of rotatable bonds is 4. The molecule has 0 aliphatic carbocycles. The molecule has 1 amide bonds. The van der Waals surface area contributed by atoms with Gasteiger partial charge in [0.2, 0.25) is 5.91 Å². The van der Waals surface area contributed by atoms with Crippen LogP contribution in [0.2, 0.25) is 0 Å². The zero-order valence-electron chi connectivity index (χ0n) is 10.3. The monoisotopic (exact) mass is 256 g/mol. The minimum atomic E-state index is -0.479. The van der Waals surface area contributed by atoms with E-state index in [0.29, 0.717) is 0 Å². The highest BCUT2D eigenvalue weighted by atomic mass is 16.1. The van der Waals surface area contributed by atoms with Crippen LogP contribution < -0.4 is 5.32 Å². The Morgan fingerprint density at radius 3 is 2.79 bits per heavy atom. The first-order valence-electron chi connectivity index (χ1n) is 5.70. The fourth-order valence-corrected chi connectivity index (χ4v) is 1.56. The molecule has 0 bridgehead atoms. The van der Waals surface area contributed by atoms with Crippen molar-refractivity contribution in [3.63, 3.8) is 0 Å². The summed E-state index contributed by atoms with van der Waals surface area (Å²) in [4.78, 5) is 11.6. The van der Waals surface area contributed by atoms with Gasteiger partial charge in [-0.25, -0.2) is 4.68 Å². The number of nitrogens with one attached hydrogen (secondary N) is 1. The number of nitrogens with zero attached hydrogens (tertiary/aromatic N) is 5. The molecular formula is C12H12N6O. The maximum atomic E-state index is 11.6. The second-order valence-corrected chi connectivity index (χ2v) is 4.02. The Balaban J connectivity index is 2.00. The molecule has 19 heavy (non-hydrogen) atoms. The summed E-state index contributed by atoms with van der Waals surface area (Å²) in [6.07, 6.45) is 1.73. The van der Waals surface area contributed by atoms with Crippen molar-refractivity contribution < 1.29 is 4.79 Å². The number of aromatic nitrogens is 4. The van der Waals surface area contributed by atoms with E-state index < -0.39 is 6.04 Å². The topological polar surface area (TPSA) is 96.5 Å². The Bertz CT molecular complexity index is 584. The van der Waals surface area contributed by atoms with E-state index >= 15 is 0 Å². The molecule has 0 fully saturated rings. The van der Waals surface area contributed by atoms with Gasteiger partial charge in [0.25, 0.3) is 0 Å². The van der Waals surface area contributed by atoms with E-state index in [1.54, 1.807) is 6.92 Å². The summed E-state index contributed by atoms with van der Waals surface area (Å²) in [5.74, 6) is -0.177. The van der Waals surface area contributed by atoms with Gasteiger partial charge in [0, 0.05) is 0 Å². The molecule has 2 aromatic rings. The predicted molar refractivity (Wildman–Crippen MR) is 66.1 cm³/mol. The lowest BCUT2D eigenvalue weighted by molar-refractivity contribution is -0.120. The third-order valence-corrected chi connectivity index (χ3v) is 2.49. The summed E-state index contributed by atoms with van der Waals surface area (Å²) < 4.78 is 1.53. The van der Waals surface area contributed by atoms with Crippen LogP contribution in [0.15, 0.2) is 30.6 Å². The quantitative estimate of drug-likeness (QED) is 0.844. The lowest BCUT2D eigenvalue weighted by Crippen LogP contribution is -2.32. The molecule has 0 saturated carbocycles. The van der Waals surface area contributed by atoms with E-state index in [2.05, 4.69) is 20.8 Å². The Labute approximate surface area is 109 Å². The van der Waals surface area contributed by atoms with Crippen LogP contribution in [0.4, 0.5) is 0 Å². The number of carbonyl (C=O) groups excluding carboxylic acids is 1. The zero-order chi connectivity index (χ0) is 13.7. The van der Waals surface area contributed by atoms with Gasteiger partial charge in [-0.3, -0.25) is 4.79 Å². The van der Waals surface area contributed by atoms with Crippen LogP contribution in [-0.4, -0.2) is 32.2 Å². The molecule has 1 heterocycles. The first-order valence-corrected chi connectivity index (χ1v) is 5.70. The molecule has 7 nitrogen and oxygen atoms in total. The van der Waals surface area contributed by atoms with Crippen LogP contribution in [0.25, 0.3) is 5.69 Å². The molecule has 0 radical (unpaired) electrons. The van der Waals surface area contributed by atoms with Crippen LogP contribution >= 0.6 is 0 Å². The standard InChI is InChI=1S/C12H12N6O/c1-9(7-13)15-12(19)6-10-2-4-11(5-3-10)18-8-14-16-17-18/h2-5,8-9H,6H2,1H3,(H,15,19). The Kier molecular flexibility index (Phi) is 3.83. The summed E-state index contributed by atoms with van der Waals surface area (Å²) in [6, 6.07) is 8.78. The normalized spacial score (nSPS) is 11.6. The average Bonchev–Trinajstić information content (AvgIpc) is 2.93. The second-order valence-electron chi connectivity index (χ2n) is 4.02. The fourth-order valence-electron chi connectivity index (χ4n) is 1.56. The summed E-state index contributed by atoms with van der Waals surface area (Å²) >= 11 is 0. The molecule has 1 unspecified atom stereocenters. The van der Waals surface area contributed by atoms with Gasteiger partial charge in [0.1, 0.15) is 12.4 Å². The minimum absolute atomic E-state index is 0.177. The lowest BCUT2D eigenvalue weighted by atomic mass is 10.1. The Hall–Kier alpha value is -2.75. The molecule has 96 valence electrons. The molecule has 1 aromatic carbocycles. The molecule has 1 N–H and O–H groups in total. The van der Waals surface area contributed by atoms with Crippen molar-refractivity contribution in [1.82, 2.24) is 25.5 Å². The van der Waals surface area contributed by atoms with Crippen molar-refractivity contribution in [2.75, 3.05) is 0 Å². The molecule has 7 heteroatoms. The van der Waals surface area contributed by atoms with Crippen molar-refractivity contribution in [3.05, 3.63) is 36.2 Å². The van der Waals surface area contributed by atoms with Crippen LogP contribution in [-0.2, 0) is 11.2 Å². The summed E-state index contributed by atoms with van der Waals surface area (Å²) in [5.41, 5.74) is 1.68. The van der Waals surface area contributed by atoms with E-state index in [9.17, 15) is 4.79 Å². The van der Waals surface area contributed by atoms with Gasteiger partial charge in [-0.1, -0.05) is 12.1 Å². The number of amides is 1. The van der Waals surface area contributed by atoms with Crippen LogP contribution in [0, 0.1) is 11.3 Å². The maximum absolute atomic E-state index is 11.6. The molecule has 0 aliphatic heterocycles. The van der Waals surface area contributed by atoms with Gasteiger partial charge in [-0.05, 0) is 35.0 Å². The van der Waals surface area contributed by atoms with E-state index in [1.807, 2.05) is 30.3 Å². The minimum Gasteiger partial charge on any atom is -0.340 e. The lowest BCUT2D eigenvalue weighted by Gasteiger charge is -2.06. The highest BCUT2D eigenvalue weighted by molar-refractivity contribution is 5.79. The second kappa shape index (κ2) is 5.73. The molecule has 1 atom stereocenters. The van der Waals surface area contributed by atoms with Crippen molar-refractivity contribution in [3.8, 4) is 11.8 Å². The molecule has 0 aliphatic rings. The smallest absolute Gasteiger partial charge is 0.225 e. The summed E-state index contributed by atoms with van der Waals surface area (Å²) in [7, 11) is 0. The fraction of sp³-hybridized carbons (Fsp3) is 0.250. The molecular weight excluding hydrogens is 244 g/mol. The van der Waals surface area contributed by atoms with Crippen LogP contribution in [0.5, 0.6) is 0 Å². The first-order chi connectivity index (χ1) is 9.19. The number of hydrogen-bond acceptors (Lipinski definition) is 5. The SMILES string of the molecule is CC(C#N)NC(=O)Cc1ccc(-n2cnnn2)cc1. The zero-order valence-corrected chi connectivity index (χ0v) is 10.3. The number of carbonyl (C=O) groups is 1. The van der Waals surface area contributed by atoms with Gasteiger partial charge in [0.15, 0.2) is 0 Å². The Morgan fingerprint density at radius 1 is 1.47 bits per heavy atom. The van der Waals surface area contributed by atoms with Gasteiger partial charge in [0.05, 0.1) is 18.2 Å². The number of tetrazole rings is 1. The van der Waals surface area contributed by atoms with Gasteiger partial charge >= 0.3 is 0 Å². The molecule has 1 aromatic heterocycles. The van der Waals surface area contributed by atoms with E-state index in [0.717, 1.165) is 11.3 Å². The van der Waals surface area contributed by atoms with Crippen LogP contribution in [0.1, 0.15) is 12.5 Å².